The van der Waals surface area contributed by atoms with Crippen LogP contribution < -0.4 is 5.32 Å². The first kappa shape index (κ1) is 11.9. The summed E-state index contributed by atoms with van der Waals surface area (Å²) in [5.41, 5.74) is 1.71. The van der Waals surface area contributed by atoms with Crippen molar-refractivity contribution in [2.75, 3.05) is 18.5 Å². The molecule has 90 valence electrons. The minimum Gasteiger partial charge on any atom is -0.385 e. The lowest BCUT2D eigenvalue weighted by Crippen LogP contribution is -2.21. The first-order valence-electron chi connectivity index (χ1n) is 6.24. The van der Waals surface area contributed by atoms with Crippen LogP contribution in [0.25, 0.3) is 0 Å². The average Bonchev–Trinajstić information content (AvgIpc) is 2.40. The average molecular weight is 230 g/mol. The normalized spacial score (nSPS) is 19.6. The fourth-order valence-corrected chi connectivity index (χ4v) is 2.11. The molecule has 3 heteroatoms. The van der Waals surface area contributed by atoms with Crippen molar-refractivity contribution < 1.29 is 4.74 Å². The van der Waals surface area contributed by atoms with Crippen molar-refractivity contribution in [1.29, 1.82) is 5.26 Å². The highest BCUT2D eigenvalue weighted by molar-refractivity contribution is 5.48. The number of anilines is 1. The molecule has 2 rings (SSSR count). The van der Waals surface area contributed by atoms with Crippen LogP contribution in [0.2, 0.25) is 0 Å². The fraction of sp³-hybridized carbons (Fsp3) is 0.500. The van der Waals surface area contributed by atoms with Crippen molar-refractivity contribution in [2.24, 2.45) is 0 Å². The summed E-state index contributed by atoms with van der Waals surface area (Å²) in [5, 5.41) is 12.1. The van der Waals surface area contributed by atoms with Crippen molar-refractivity contribution in [2.45, 2.75) is 31.8 Å². The van der Waals surface area contributed by atoms with E-state index in [0.717, 1.165) is 25.3 Å². The molecule has 3 nitrogen and oxygen atoms in total. The highest BCUT2D eigenvalue weighted by Crippen LogP contribution is 2.16. The van der Waals surface area contributed by atoms with E-state index in [9.17, 15) is 0 Å². The van der Waals surface area contributed by atoms with Crippen LogP contribution in [-0.4, -0.2) is 19.3 Å². The molecule has 1 unspecified atom stereocenters. The summed E-state index contributed by atoms with van der Waals surface area (Å²) in [6.07, 6.45) is 5.12. The molecule has 1 heterocycles. The molecular weight excluding hydrogens is 212 g/mol. The Morgan fingerprint density at radius 2 is 2.35 bits per heavy atom. The molecule has 1 aromatic rings. The summed E-state index contributed by atoms with van der Waals surface area (Å²) in [5.74, 6) is 0. The molecule has 1 atom stereocenters. The molecule has 0 aromatic heterocycles. The van der Waals surface area contributed by atoms with E-state index in [2.05, 4.69) is 11.4 Å². The van der Waals surface area contributed by atoms with Gasteiger partial charge < -0.3 is 10.1 Å². The molecule has 0 aliphatic carbocycles. The van der Waals surface area contributed by atoms with E-state index in [1.807, 2.05) is 24.3 Å². The van der Waals surface area contributed by atoms with Crippen LogP contribution in [0.15, 0.2) is 24.3 Å². The maximum Gasteiger partial charge on any atom is 0.0992 e. The van der Waals surface area contributed by atoms with Gasteiger partial charge in [0.15, 0.2) is 0 Å². The number of nitriles is 1. The lowest BCUT2D eigenvalue weighted by Gasteiger charge is -2.22. The van der Waals surface area contributed by atoms with E-state index < -0.39 is 0 Å². The van der Waals surface area contributed by atoms with Crippen LogP contribution >= 0.6 is 0 Å². The van der Waals surface area contributed by atoms with Crippen molar-refractivity contribution >= 4 is 5.69 Å². The number of nitrogens with one attached hydrogen (secondary N) is 1. The third-order valence-corrected chi connectivity index (χ3v) is 3.06. The van der Waals surface area contributed by atoms with Crippen molar-refractivity contribution in [3.05, 3.63) is 29.8 Å². The summed E-state index contributed by atoms with van der Waals surface area (Å²) >= 11 is 0. The van der Waals surface area contributed by atoms with Gasteiger partial charge in [0.2, 0.25) is 0 Å². The predicted molar refractivity (Wildman–Crippen MR) is 67.9 cm³/mol. The van der Waals surface area contributed by atoms with Crippen molar-refractivity contribution in [1.82, 2.24) is 0 Å². The smallest absolute Gasteiger partial charge is 0.0992 e. The van der Waals surface area contributed by atoms with Crippen LogP contribution in [0.4, 0.5) is 5.69 Å². The lowest BCUT2D eigenvalue weighted by molar-refractivity contribution is 0.0134. The van der Waals surface area contributed by atoms with Gasteiger partial charge in [0.05, 0.1) is 17.7 Å². The van der Waals surface area contributed by atoms with Gasteiger partial charge in [-0.2, -0.15) is 5.26 Å². The number of nitrogens with zero attached hydrogens (tertiary/aromatic N) is 1. The van der Waals surface area contributed by atoms with Gasteiger partial charge in [0.25, 0.3) is 0 Å². The summed E-state index contributed by atoms with van der Waals surface area (Å²) in [6.45, 7) is 1.81. The Hall–Kier alpha value is -1.53. The molecule has 17 heavy (non-hydrogen) atoms. The Kier molecular flexibility index (Phi) is 4.40. The molecule has 0 amide bonds. The van der Waals surface area contributed by atoms with Gasteiger partial charge in [-0.15, -0.1) is 0 Å². The van der Waals surface area contributed by atoms with Gasteiger partial charge in [-0.05, 0) is 43.9 Å². The van der Waals surface area contributed by atoms with E-state index in [4.69, 9.17) is 10.00 Å². The van der Waals surface area contributed by atoms with Crippen molar-refractivity contribution in [3.8, 4) is 6.07 Å². The maximum absolute atomic E-state index is 8.79. The Balaban J connectivity index is 1.75. The van der Waals surface area contributed by atoms with Crippen LogP contribution in [0.1, 0.15) is 31.2 Å². The Morgan fingerprint density at radius 3 is 3.12 bits per heavy atom. The molecule has 1 aliphatic rings. The van der Waals surface area contributed by atoms with Crippen LogP contribution in [0.5, 0.6) is 0 Å². The Morgan fingerprint density at radius 1 is 1.41 bits per heavy atom. The first-order chi connectivity index (χ1) is 8.38. The molecule has 1 N–H and O–H groups in total. The summed E-state index contributed by atoms with van der Waals surface area (Å²) in [6, 6.07) is 9.72. The van der Waals surface area contributed by atoms with E-state index in [1.54, 1.807) is 0 Å². The standard InChI is InChI=1S/C14H18N2O/c15-11-12-4-3-5-13(10-12)16-8-7-14-6-1-2-9-17-14/h3-5,10,14,16H,1-2,6-9H2. The third-order valence-electron chi connectivity index (χ3n) is 3.06. The molecule has 1 fully saturated rings. The first-order valence-corrected chi connectivity index (χ1v) is 6.24. The second kappa shape index (κ2) is 6.27. The molecule has 1 aromatic carbocycles. The van der Waals surface area contributed by atoms with Crippen LogP contribution in [0, 0.1) is 11.3 Å². The molecule has 1 aliphatic heterocycles. The van der Waals surface area contributed by atoms with Gasteiger partial charge in [-0.3, -0.25) is 0 Å². The number of ether oxygens (including phenoxy) is 1. The maximum atomic E-state index is 8.79. The number of benzene rings is 1. The lowest BCUT2D eigenvalue weighted by atomic mass is 10.1. The van der Waals surface area contributed by atoms with Gasteiger partial charge in [-0.1, -0.05) is 6.07 Å². The van der Waals surface area contributed by atoms with E-state index >= 15 is 0 Å². The van der Waals surface area contributed by atoms with Gasteiger partial charge >= 0.3 is 0 Å². The zero-order valence-corrected chi connectivity index (χ0v) is 9.98. The Bertz CT molecular complexity index is 391. The predicted octanol–water partition coefficient (Wildman–Crippen LogP) is 2.93. The SMILES string of the molecule is N#Cc1cccc(NCCC2CCCCO2)c1. The highest BCUT2D eigenvalue weighted by Gasteiger charge is 2.12. The Labute approximate surface area is 102 Å². The monoisotopic (exact) mass is 230 g/mol. The van der Waals surface area contributed by atoms with Gasteiger partial charge in [0, 0.05) is 18.8 Å². The minimum atomic E-state index is 0.412. The highest BCUT2D eigenvalue weighted by atomic mass is 16.5. The third kappa shape index (κ3) is 3.76. The second-order valence-corrected chi connectivity index (χ2v) is 4.40. The molecular formula is C14H18N2O. The summed E-state index contributed by atoms with van der Waals surface area (Å²) in [7, 11) is 0. The number of rotatable bonds is 4. The second-order valence-electron chi connectivity index (χ2n) is 4.40. The molecule has 0 saturated carbocycles. The zero-order chi connectivity index (χ0) is 11.9. The quantitative estimate of drug-likeness (QED) is 0.865. The summed E-state index contributed by atoms with van der Waals surface area (Å²) < 4.78 is 5.67. The minimum absolute atomic E-state index is 0.412. The number of hydrogen-bond donors (Lipinski definition) is 1. The zero-order valence-electron chi connectivity index (χ0n) is 9.98. The molecule has 0 radical (unpaired) electrons. The van der Waals surface area contributed by atoms with Crippen LogP contribution in [-0.2, 0) is 4.74 Å². The van der Waals surface area contributed by atoms with Gasteiger partial charge in [0.1, 0.15) is 0 Å². The van der Waals surface area contributed by atoms with E-state index in [-0.39, 0.29) is 0 Å². The fourth-order valence-electron chi connectivity index (χ4n) is 2.11. The molecule has 0 spiro atoms. The van der Waals surface area contributed by atoms with Crippen LogP contribution in [0.3, 0.4) is 0 Å². The van der Waals surface area contributed by atoms with Crippen molar-refractivity contribution in [3.63, 3.8) is 0 Å². The van der Waals surface area contributed by atoms with Gasteiger partial charge in [-0.25, -0.2) is 0 Å². The topological polar surface area (TPSA) is 45.0 Å². The number of hydrogen-bond acceptors (Lipinski definition) is 3. The largest absolute Gasteiger partial charge is 0.385 e. The van der Waals surface area contributed by atoms with E-state index in [1.165, 1.54) is 19.3 Å². The summed E-state index contributed by atoms with van der Waals surface area (Å²) in [4.78, 5) is 0. The van der Waals surface area contributed by atoms with E-state index in [0.29, 0.717) is 11.7 Å². The molecule has 0 bridgehead atoms. The molecule has 1 saturated heterocycles.